The highest BCUT2D eigenvalue weighted by Gasteiger charge is 2.18. The molecule has 0 bridgehead atoms. The van der Waals surface area contributed by atoms with Crippen LogP contribution in [0.15, 0.2) is 12.7 Å². The van der Waals surface area contributed by atoms with E-state index in [1.807, 2.05) is 0 Å². The van der Waals surface area contributed by atoms with Crippen molar-refractivity contribution in [3.63, 3.8) is 0 Å². The topological polar surface area (TPSA) is 106 Å². The number of ketones is 1. The maximum atomic E-state index is 10.2. The van der Waals surface area contributed by atoms with Crippen molar-refractivity contribution in [3.8, 4) is 0 Å². The van der Waals surface area contributed by atoms with Crippen LogP contribution in [0.4, 0.5) is 0 Å². The van der Waals surface area contributed by atoms with E-state index in [9.17, 15) is 9.59 Å². The Morgan fingerprint density at radius 2 is 1.90 bits per heavy atom. The van der Waals surface area contributed by atoms with Crippen molar-refractivity contribution in [1.82, 2.24) is 0 Å². The Hall–Kier alpha value is -1.20. The van der Waals surface area contributed by atoms with Gasteiger partial charge in [0.05, 0.1) is 0 Å². The largest absolute Gasteiger partial charge is 0.479 e. The Bertz CT molecular complexity index is 150. The standard InChI is InChI=1S/C5H6O4.H2O/c1-2-3(6)4(7)5(8)9;/h2,4,7H,1H2,(H,8,9);1H2. The first-order chi connectivity index (χ1) is 4.09. The van der Waals surface area contributed by atoms with Crippen LogP contribution in [0.5, 0.6) is 0 Å². The fourth-order valence-electron chi connectivity index (χ4n) is 0.233. The third kappa shape index (κ3) is 2.95. The van der Waals surface area contributed by atoms with Gasteiger partial charge in [0.2, 0.25) is 6.10 Å². The Balaban J connectivity index is 0. The maximum absolute atomic E-state index is 10.2. The zero-order valence-corrected chi connectivity index (χ0v) is 5.07. The minimum atomic E-state index is -1.96. The molecule has 0 fully saturated rings. The molecule has 58 valence electrons. The maximum Gasteiger partial charge on any atom is 0.340 e. The van der Waals surface area contributed by atoms with E-state index in [2.05, 4.69) is 6.58 Å². The Morgan fingerprint density at radius 3 is 2.00 bits per heavy atom. The average Bonchev–Trinajstić information content (AvgIpc) is 1.84. The third-order valence-corrected chi connectivity index (χ3v) is 0.705. The van der Waals surface area contributed by atoms with Gasteiger partial charge in [-0.2, -0.15) is 0 Å². The zero-order chi connectivity index (χ0) is 7.44. The van der Waals surface area contributed by atoms with Gasteiger partial charge < -0.3 is 15.7 Å². The zero-order valence-electron chi connectivity index (χ0n) is 5.07. The van der Waals surface area contributed by atoms with Gasteiger partial charge in [-0.05, 0) is 6.08 Å². The van der Waals surface area contributed by atoms with Crippen LogP contribution in [0.2, 0.25) is 0 Å². The Kier molecular flexibility index (Phi) is 5.39. The van der Waals surface area contributed by atoms with Crippen molar-refractivity contribution < 1.29 is 25.3 Å². The van der Waals surface area contributed by atoms with Crippen LogP contribution in [0.3, 0.4) is 0 Å². The second-order valence-corrected chi connectivity index (χ2v) is 1.35. The van der Waals surface area contributed by atoms with Crippen LogP contribution >= 0.6 is 0 Å². The average molecular weight is 148 g/mol. The summed E-state index contributed by atoms with van der Waals surface area (Å²) in [6, 6.07) is 0. The monoisotopic (exact) mass is 148 g/mol. The highest BCUT2D eigenvalue weighted by molar-refractivity contribution is 6.06. The lowest BCUT2D eigenvalue weighted by molar-refractivity contribution is -0.150. The van der Waals surface area contributed by atoms with Crippen LogP contribution in [0.25, 0.3) is 0 Å². The van der Waals surface area contributed by atoms with Crippen LogP contribution in [0.1, 0.15) is 0 Å². The molecule has 5 heteroatoms. The number of aliphatic hydroxyl groups excluding tert-OH is 1. The van der Waals surface area contributed by atoms with Gasteiger partial charge in [0, 0.05) is 0 Å². The molecule has 0 aromatic carbocycles. The van der Waals surface area contributed by atoms with Crippen molar-refractivity contribution in [2.45, 2.75) is 6.10 Å². The fraction of sp³-hybridized carbons (Fsp3) is 0.200. The molecule has 0 saturated heterocycles. The molecule has 0 heterocycles. The predicted molar refractivity (Wildman–Crippen MR) is 32.5 cm³/mol. The van der Waals surface area contributed by atoms with Gasteiger partial charge in [0.1, 0.15) is 0 Å². The third-order valence-electron chi connectivity index (χ3n) is 0.705. The van der Waals surface area contributed by atoms with Gasteiger partial charge >= 0.3 is 5.97 Å². The van der Waals surface area contributed by atoms with Gasteiger partial charge in [-0.25, -0.2) is 4.79 Å². The molecular formula is C5H8O5. The van der Waals surface area contributed by atoms with Gasteiger partial charge in [0.15, 0.2) is 5.78 Å². The summed E-state index contributed by atoms with van der Waals surface area (Å²) in [5.74, 6) is -2.46. The van der Waals surface area contributed by atoms with Crippen LogP contribution < -0.4 is 0 Å². The first-order valence-electron chi connectivity index (χ1n) is 2.16. The Morgan fingerprint density at radius 1 is 1.50 bits per heavy atom. The lowest BCUT2D eigenvalue weighted by Gasteiger charge is -1.96. The molecule has 0 aromatic rings. The van der Waals surface area contributed by atoms with Gasteiger partial charge in [0.25, 0.3) is 0 Å². The van der Waals surface area contributed by atoms with E-state index in [-0.39, 0.29) is 5.48 Å². The van der Waals surface area contributed by atoms with E-state index in [0.717, 1.165) is 6.08 Å². The summed E-state index contributed by atoms with van der Waals surface area (Å²) in [4.78, 5) is 20.0. The lowest BCUT2D eigenvalue weighted by Crippen LogP contribution is -2.27. The molecule has 0 radical (unpaired) electrons. The molecule has 0 saturated carbocycles. The van der Waals surface area contributed by atoms with E-state index in [1.165, 1.54) is 0 Å². The first kappa shape index (κ1) is 11.6. The molecular weight excluding hydrogens is 140 g/mol. The van der Waals surface area contributed by atoms with E-state index in [0.29, 0.717) is 0 Å². The molecule has 1 unspecified atom stereocenters. The van der Waals surface area contributed by atoms with Crippen molar-refractivity contribution in [3.05, 3.63) is 12.7 Å². The van der Waals surface area contributed by atoms with E-state index in [4.69, 9.17) is 10.2 Å². The minimum Gasteiger partial charge on any atom is -0.479 e. The van der Waals surface area contributed by atoms with Gasteiger partial charge in [-0.15, -0.1) is 0 Å². The number of hydrogen-bond acceptors (Lipinski definition) is 3. The number of aliphatic carboxylic acids is 1. The number of rotatable bonds is 3. The second kappa shape index (κ2) is 4.66. The van der Waals surface area contributed by atoms with Crippen molar-refractivity contribution >= 4 is 11.8 Å². The van der Waals surface area contributed by atoms with E-state index >= 15 is 0 Å². The highest BCUT2D eigenvalue weighted by Crippen LogP contribution is 1.85. The molecule has 5 nitrogen and oxygen atoms in total. The van der Waals surface area contributed by atoms with Crippen LogP contribution in [-0.4, -0.2) is 33.5 Å². The number of carboxylic acids is 1. The molecule has 0 amide bonds. The first-order valence-corrected chi connectivity index (χ1v) is 2.16. The summed E-state index contributed by atoms with van der Waals surface area (Å²) in [6.45, 7) is 2.99. The fourth-order valence-corrected chi connectivity index (χ4v) is 0.233. The molecule has 4 N–H and O–H groups in total. The van der Waals surface area contributed by atoms with E-state index < -0.39 is 17.9 Å². The Labute approximate surface area is 56.9 Å². The van der Waals surface area contributed by atoms with Crippen LogP contribution in [-0.2, 0) is 9.59 Å². The summed E-state index contributed by atoms with van der Waals surface area (Å²) >= 11 is 0. The molecule has 0 aliphatic rings. The van der Waals surface area contributed by atoms with Crippen molar-refractivity contribution in [1.29, 1.82) is 0 Å². The predicted octanol–water partition coefficient (Wildman–Crippen LogP) is -1.64. The summed E-state index contributed by atoms with van der Waals surface area (Å²) in [5.41, 5.74) is 0. The molecule has 0 aliphatic heterocycles. The molecule has 0 rings (SSSR count). The number of carboxylic acid groups (broad SMARTS) is 1. The second-order valence-electron chi connectivity index (χ2n) is 1.35. The lowest BCUT2D eigenvalue weighted by atomic mass is 10.2. The minimum absolute atomic E-state index is 0. The van der Waals surface area contributed by atoms with Crippen molar-refractivity contribution in [2.75, 3.05) is 0 Å². The quantitative estimate of drug-likeness (QED) is 0.369. The molecule has 1 atom stereocenters. The van der Waals surface area contributed by atoms with Gasteiger partial charge in [-0.3, -0.25) is 4.79 Å². The summed E-state index contributed by atoms with van der Waals surface area (Å²) < 4.78 is 0. The number of aliphatic hydroxyl groups is 1. The van der Waals surface area contributed by atoms with E-state index in [1.54, 1.807) is 0 Å². The van der Waals surface area contributed by atoms with Crippen LogP contribution in [0, 0.1) is 0 Å². The molecule has 10 heavy (non-hydrogen) atoms. The molecule has 0 aliphatic carbocycles. The molecule has 0 spiro atoms. The number of carbonyl (C=O) groups excluding carboxylic acids is 1. The summed E-state index contributed by atoms with van der Waals surface area (Å²) in [5, 5.41) is 16.3. The molecule has 0 aromatic heterocycles. The number of carbonyl (C=O) groups is 2. The van der Waals surface area contributed by atoms with Crippen molar-refractivity contribution in [2.24, 2.45) is 0 Å². The SMILES string of the molecule is C=CC(=O)C(O)C(=O)O.O. The van der Waals surface area contributed by atoms with Gasteiger partial charge in [-0.1, -0.05) is 6.58 Å². The summed E-state index contributed by atoms with van der Waals surface area (Å²) in [6.07, 6.45) is -1.19. The summed E-state index contributed by atoms with van der Waals surface area (Å²) in [7, 11) is 0. The highest BCUT2D eigenvalue weighted by atomic mass is 16.4. The number of hydrogen-bond donors (Lipinski definition) is 2. The smallest absolute Gasteiger partial charge is 0.340 e. The normalized spacial score (nSPS) is 10.9.